The number of ether oxygens (including phenoxy) is 1. The van der Waals surface area contributed by atoms with Crippen molar-refractivity contribution in [2.24, 2.45) is 0 Å². The Morgan fingerprint density at radius 2 is 1.79 bits per heavy atom. The molecule has 1 heterocycles. The molecule has 5 nitrogen and oxygen atoms in total. The molecular formula is C26H23BrFN3O2. The second-order valence-electron chi connectivity index (χ2n) is 7.70. The highest BCUT2D eigenvalue weighted by atomic mass is 79.9. The van der Waals surface area contributed by atoms with Crippen LogP contribution in [-0.4, -0.2) is 15.7 Å². The molecule has 0 atom stereocenters. The molecule has 0 unspecified atom stereocenters. The number of para-hydroxylation sites is 1. The third-order valence-corrected chi connectivity index (χ3v) is 5.94. The number of nitrogens with one attached hydrogen (secondary N) is 1. The Bertz CT molecular complexity index is 1290. The number of carbonyl (C=O) groups is 1. The van der Waals surface area contributed by atoms with Gasteiger partial charge in [-0.05, 0) is 77.3 Å². The van der Waals surface area contributed by atoms with Crippen LogP contribution in [0.1, 0.15) is 32.9 Å². The molecule has 0 radical (unpaired) electrons. The number of anilines is 1. The largest absolute Gasteiger partial charge is 0.488 e. The van der Waals surface area contributed by atoms with Gasteiger partial charge in [-0.1, -0.05) is 36.4 Å². The predicted octanol–water partition coefficient (Wildman–Crippen LogP) is 6.28. The summed E-state index contributed by atoms with van der Waals surface area (Å²) in [5.74, 6) is 0.251. The fourth-order valence-corrected chi connectivity index (χ4v) is 3.90. The van der Waals surface area contributed by atoms with E-state index in [4.69, 9.17) is 4.74 Å². The van der Waals surface area contributed by atoms with Crippen LogP contribution in [0.25, 0.3) is 0 Å². The minimum atomic E-state index is -0.274. The van der Waals surface area contributed by atoms with E-state index in [-0.39, 0.29) is 11.7 Å². The number of aryl methyl sites for hydroxylation is 1. The van der Waals surface area contributed by atoms with E-state index in [1.807, 2.05) is 56.3 Å². The van der Waals surface area contributed by atoms with Gasteiger partial charge in [-0.25, -0.2) is 4.39 Å². The summed E-state index contributed by atoms with van der Waals surface area (Å²) >= 11 is 3.47. The molecule has 3 aromatic carbocycles. The maximum atomic E-state index is 13.2. The molecule has 0 saturated carbocycles. The highest BCUT2D eigenvalue weighted by Gasteiger charge is 2.16. The zero-order chi connectivity index (χ0) is 23.4. The number of benzene rings is 3. The van der Waals surface area contributed by atoms with Gasteiger partial charge in [0, 0.05) is 5.56 Å². The summed E-state index contributed by atoms with van der Waals surface area (Å²) < 4.78 is 21.7. The van der Waals surface area contributed by atoms with Gasteiger partial charge >= 0.3 is 0 Å². The molecule has 4 aromatic rings. The highest BCUT2D eigenvalue weighted by Crippen LogP contribution is 2.25. The standard InChI is InChI=1S/C26H23BrFN3O2/c1-17-25(18(2)31(30-17)15-19-10-12-22(28)13-11-19)29-26(32)21-7-5-6-20(14-21)16-33-24-9-4-3-8-23(24)27/h3-14H,15-16H2,1-2H3,(H,29,32). The van der Waals surface area contributed by atoms with E-state index in [1.165, 1.54) is 12.1 Å². The molecule has 0 saturated heterocycles. The Hall–Kier alpha value is -3.45. The van der Waals surface area contributed by atoms with Gasteiger partial charge in [-0.15, -0.1) is 0 Å². The van der Waals surface area contributed by atoms with E-state index in [2.05, 4.69) is 26.3 Å². The number of rotatable bonds is 7. The van der Waals surface area contributed by atoms with E-state index < -0.39 is 0 Å². The third kappa shape index (κ3) is 5.49. The van der Waals surface area contributed by atoms with Crippen molar-refractivity contribution in [1.29, 1.82) is 0 Å². The van der Waals surface area contributed by atoms with Gasteiger partial charge in [-0.2, -0.15) is 5.10 Å². The van der Waals surface area contributed by atoms with E-state index in [0.717, 1.165) is 32.7 Å². The lowest BCUT2D eigenvalue weighted by Crippen LogP contribution is -2.14. The zero-order valence-corrected chi connectivity index (χ0v) is 19.9. The maximum Gasteiger partial charge on any atom is 0.255 e. The number of carbonyl (C=O) groups excluding carboxylic acids is 1. The number of amides is 1. The number of hydrogen-bond donors (Lipinski definition) is 1. The molecule has 1 N–H and O–H groups in total. The summed E-state index contributed by atoms with van der Waals surface area (Å²) in [4.78, 5) is 13.0. The molecule has 0 aliphatic rings. The lowest BCUT2D eigenvalue weighted by atomic mass is 10.1. The quantitative estimate of drug-likeness (QED) is 0.320. The van der Waals surface area contributed by atoms with Crippen LogP contribution < -0.4 is 10.1 Å². The number of nitrogens with zero attached hydrogens (tertiary/aromatic N) is 2. The van der Waals surface area contributed by atoms with Gasteiger partial charge in [0.1, 0.15) is 18.2 Å². The van der Waals surface area contributed by atoms with Gasteiger partial charge in [0.15, 0.2) is 0 Å². The van der Waals surface area contributed by atoms with Crippen LogP contribution in [0.5, 0.6) is 5.75 Å². The molecule has 1 amide bonds. The van der Waals surface area contributed by atoms with Crippen molar-refractivity contribution >= 4 is 27.5 Å². The lowest BCUT2D eigenvalue weighted by Gasteiger charge is -2.10. The molecule has 33 heavy (non-hydrogen) atoms. The van der Waals surface area contributed by atoms with Crippen molar-refractivity contribution in [3.05, 3.63) is 111 Å². The average molecular weight is 508 g/mol. The van der Waals surface area contributed by atoms with Crippen molar-refractivity contribution in [2.75, 3.05) is 5.32 Å². The smallest absolute Gasteiger partial charge is 0.255 e. The minimum absolute atomic E-state index is 0.217. The van der Waals surface area contributed by atoms with Gasteiger partial charge in [0.25, 0.3) is 5.91 Å². The van der Waals surface area contributed by atoms with Crippen LogP contribution >= 0.6 is 15.9 Å². The van der Waals surface area contributed by atoms with E-state index >= 15 is 0 Å². The summed E-state index contributed by atoms with van der Waals surface area (Å²) in [6.07, 6.45) is 0. The van der Waals surface area contributed by atoms with Crippen LogP contribution in [0, 0.1) is 19.7 Å². The van der Waals surface area contributed by atoms with Crippen LogP contribution in [0.2, 0.25) is 0 Å². The first-order valence-electron chi connectivity index (χ1n) is 10.5. The molecular weight excluding hydrogens is 485 g/mol. The van der Waals surface area contributed by atoms with Crippen LogP contribution in [0.3, 0.4) is 0 Å². The topological polar surface area (TPSA) is 56.2 Å². The molecule has 0 bridgehead atoms. The van der Waals surface area contributed by atoms with E-state index in [9.17, 15) is 9.18 Å². The first-order chi connectivity index (χ1) is 15.9. The SMILES string of the molecule is Cc1nn(Cc2ccc(F)cc2)c(C)c1NC(=O)c1cccc(COc2ccccc2Br)c1. The summed E-state index contributed by atoms with van der Waals surface area (Å²) in [5, 5.41) is 7.54. The summed E-state index contributed by atoms with van der Waals surface area (Å²) in [6.45, 7) is 4.59. The second-order valence-corrected chi connectivity index (χ2v) is 8.56. The minimum Gasteiger partial charge on any atom is -0.488 e. The Balaban J connectivity index is 1.46. The first kappa shape index (κ1) is 22.7. The molecule has 7 heteroatoms. The normalized spacial score (nSPS) is 10.8. The van der Waals surface area contributed by atoms with Crippen molar-refractivity contribution < 1.29 is 13.9 Å². The first-order valence-corrected chi connectivity index (χ1v) is 11.3. The molecule has 0 spiro atoms. The van der Waals surface area contributed by atoms with Crippen LogP contribution in [0.15, 0.2) is 77.3 Å². The van der Waals surface area contributed by atoms with Gasteiger partial charge in [0.05, 0.1) is 28.1 Å². The lowest BCUT2D eigenvalue weighted by molar-refractivity contribution is 0.102. The maximum absolute atomic E-state index is 13.2. The van der Waals surface area contributed by atoms with Gasteiger partial charge in [0.2, 0.25) is 0 Å². The summed E-state index contributed by atoms with van der Waals surface area (Å²) in [7, 11) is 0. The Morgan fingerprint density at radius 1 is 1.03 bits per heavy atom. The predicted molar refractivity (Wildman–Crippen MR) is 130 cm³/mol. The molecule has 168 valence electrons. The van der Waals surface area contributed by atoms with Crippen molar-refractivity contribution in [2.45, 2.75) is 27.0 Å². The summed E-state index contributed by atoms with van der Waals surface area (Å²) in [6, 6.07) is 21.3. The van der Waals surface area contributed by atoms with Gasteiger partial charge < -0.3 is 10.1 Å². The highest BCUT2D eigenvalue weighted by molar-refractivity contribution is 9.10. The van der Waals surface area contributed by atoms with Crippen molar-refractivity contribution in [1.82, 2.24) is 9.78 Å². The Kier molecular flexibility index (Phi) is 6.89. The molecule has 4 rings (SSSR count). The number of halogens is 2. The van der Waals surface area contributed by atoms with Gasteiger partial charge in [-0.3, -0.25) is 9.48 Å². The van der Waals surface area contributed by atoms with E-state index in [1.54, 1.807) is 22.9 Å². The fourth-order valence-electron chi connectivity index (χ4n) is 3.51. The zero-order valence-electron chi connectivity index (χ0n) is 18.3. The molecule has 0 aliphatic carbocycles. The third-order valence-electron chi connectivity index (χ3n) is 5.29. The fraction of sp³-hybridized carbons (Fsp3) is 0.154. The van der Waals surface area contributed by atoms with Crippen molar-refractivity contribution in [3.63, 3.8) is 0 Å². The van der Waals surface area contributed by atoms with Crippen molar-refractivity contribution in [3.8, 4) is 5.75 Å². The van der Waals surface area contributed by atoms with E-state index in [0.29, 0.717) is 24.4 Å². The van der Waals surface area contributed by atoms with Crippen LogP contribution in [-0.2, 0) is 13.2 Å². The number of aromatic nitrogens is 2. The molecule has 1 aromatic heterocycles. The summed E-state index contributed by atoms with van der Waals surface area (Å²) in [5.41, 5.74) is 4.58. The Morgan fingerprint density at radius 3 is 2.55 bits per heavy atom. The van der Waals surface area contributed by atoms with Crippen LogP contribution in [0.4, 0.5) is 10.1 Å². The molecule has 0 fully saturated rings. The number of hydrogen-bond acceptors (Lipinski definition) is 3. The second kappa shape index (κ2) is 10.0. The Labute approximate surface area is 200 Å². The molecule has 0 aliphatic heterocycles. The average Bonchev–Trinajstić information content (AvgIpc) is 3.07. The monoisotopic (exact) mass is 507 g/mol.